The Bertz CT molecular complexity index is 199. The summed E-state index contributed by atoms with van der Waals surface area (Å²) in [6.07, 6.45) is 3.88. The monoisotopic (exact) mass is 185 g/mol. The molecule has 1 saturated carbocycles. The highest BCUT2D eigenvalue weighted by molar-refractivity contribution is 5.01. The lowest BCUT2D eigenvalue weighted by Crippen LogP contribution is -2.29. The van der Waals surface area contributed by atoms with E-state index in [1.54, 1.807) is 0 Å². The van der Waals surface area contributed by atoms with E-state index >= 15 is 0 Å². The fraction of sp³-hybridized carbons (Fsp3) is 1.00. The van der Waals surface area contributed by atoms with Gasteiger partial charge in [-0.1, -0.05) is 0 Å². The Balaban J connectivity index is 1.95. The zero-order chi connectivity index (χ0) is 9.53. The van der Waals surface area contributed by atoms with Crippen LogP contribution in [-0.2, 0) is 9.47 Å². The summed E-state index contributed by atoms with van der Waals surface area (Å²) in [6, 6.07) is 0. The van der Waals surface area contributed by atoms with E-state index in [9.17, 15) is 0 Å². The van der Waals surface area contributed by atoms with E-state index in [4.69, 9.17) is 15.2 Å². The molecule has 1 aliphatic heterocycles. The van der Waals surface area contributed by atoms with Crippen LogP contribution in [0, 0.1) is 5.41 Å². The van der Waals surface area contributed by atoms with Crippen molar-refractivity contribution in [2.75, 3.05) is 13.2 Å². The first-order valence-electron chi connectivity index (χ1n) is 5.10. The lowest BCUT2D eigenvalue weighted by Gasteiger charge is -2.23. The average molecular weight is 185 g/mol. The molecule has 2 aliphatic rings. The minimum atomic E-state index is -0.380. The van der Waals surface area contributed by atoms with E-state index in [0.29, 0.717) is 5.41 Å². The fourth-order valence-corrected chi connectivity index (χ4v) is 2.17. The molecular weight excluding hydrogens is 166 g/mol. The third kappa shape index (κ3) is 1.73. The van der Waals surface area contributed by atoms with Crippen LogP contribution in [0.1, 0.15) is 33.1 Å². The normalized spacial score (nSPS) is 34.8. The molecule has 3 nitrogen and oxygen atoms in total. The van der Waals surface area contributed by atoms with Gasteiger partial charge in [0.05, 0.1) is 12.7 Å². The molecule has 2 rings (SSSR count). The van der Waals surface area contributed by atoms with Crippen molar-refractivity contribution in [1.82, 2.24) is 0 Å². The summed E-state index contributed by atoms with van der Waals surface area (Å²) in [7, 11) is 0. The zero-order valence-electron chi connectivity index (χ0n) is 8.51. The second-order valence-corrected chi connectivity index (χ2v) is 4.72. The third-order valence-corrected chi connectivity index (χ3v) is 3.23. The van der Waals surface area contributed by atoms with Gasteiger partial charge in [-0.2, -0.15) is 0 Å². The number of hydrogen-bond donors (Lipinski definition) is 1. The van der Waals surface area contributed by atoms with E-state index in [1.165, 1.54) is 12.8 Å². The van der Waals surface area contributed by atoms with Crippen molar-refractivity contribution in [3.8, 4) is 0 Å². The second kappa shape index (κ2) is 2.94. The first-order chi connectivity index (χ1) is 6.08. The van der Waals surface area contributed by atoms with Crippen LogP contribution in [0.3, 0.4) is 0 Å². The molecule has 2 fully saturated rings. The molecule has 0 radical (unpaired) electrons. The highest BCUT2D eigenvalue weighted by Crippen LogP contribution is 2.54. The number of hydrogen-bond acceptors (Lipinski definition) is 3. The summed E-state index contributed by atoms with van der Waals surface area (Å²) >= 11 is 0. The number of nitrogens with two attached hydrogens (primary N) is 1. The average Bonchev–Trinajstić information content (AvgIpc) is 2.72. The van der Waals surface area contributed by atoms with E-state index in [1.807, 2.05) is 13.8 Å². The molecule has 0 spiro atoms. The summed E-state index contributed by atoms with van der Waals surface area (Å²) in [5.74, 6) is -0.380. The van der Waals surface area contributed by atoms with Crippen LogP contribution >= 0.6 is 0 Å². The molecule has 76 valence electrons. The molecule has 3 heteroatoms. The first-order valence-corrected chi connectivity index (χ1v) is 5.10. The van der Waals surface area contributed by atoms with Crippen molar-refractivity contribution in [1.29, 1.82) is 0 Å². The van der Waals surface area contributed by atoms with Crippen LogP contribution in [-0.4, -0.2) is 25.0 Å². The van der Waals surface area contributed by atoms with Gasteiger partial charge in [0, 0.05) is 5.41 Å². The van der Waals surface area contributed by atoms with E-state index in [-0.39, 0.29) is 11.9 Å². The molecule has 0 amide bonds. The minimum absolute atomic E-state index is 0.283. The second-order valence-electron chi connectivity index (χ2n) is 4.72. The van der Waals surface area contributed by atoms with Crippen LogP contribution in [0.15, 0.2) is 0 Å². The molecule has 1 atom stereocenters. The molecule has 1 heterocycles. The van der Waals surface area contributed by atoms with Crippen LogP contribution in [0.25, 0.3) is 0 Å². The smallest absolute Gasteiger partial charge is 0.163 e. The SMILES string of the molecule is CC1(C)OCC(C2(CCN)CC2)O1. The van der Waals surface area contributed by atoms with Crippen molar-refractivity contribution in [2.45, 2.75) is 45.0 Å². The standard InChI is InChI=1S/C10H19NO2/c1-9(2)12-7-8(13-9)10(3-4-10)5-6-11/h8H,3-7,11H2,1-2H3. The molecule has 0 aromatic heterocycles. The highest BCUT2D eigenvalue weighted by Gasteiger charge is 2.53. The van der Waals surface area contributed by atoms with Gasteiger partial charge in [-0.3, -0.25) is 0 Å². The summed E-state index contributed by atoms with van der Waals surface area (Å²) in [5.41, 5.74) is 5.96. The third-order valence-electron chi connectivity index (χ3n) is 3.23. The Labute approximate surface area is 79.6 Å². The molecule has 0 bridgehead atoms. The predicted octanol–water partition coefficient (Wildman–Crippen LogP) is 1.27. The Kier molecular flexibility index (Phi) is 2.13. The quantitative estimate of drug-likeness (QED) is 0.720. The van der Waals surface area contributed by atoms with Crippen molar-refractivity contribution >= 4 is 0 Å². The van der Waals surface area contributed by atoms with Gasteiger partial charge in [0.1, 0.15) is 0 Å². The summed E-state index contributed by atoms with van der Waals surface area (Å²) in [4.78, 5) is 0. The van der Waals surface area contributed by atoms with Crippen LogP contribution in [0.2, 0.25) is 0 Å². The summed E-state index contributed by atoms with van der Waals surface area (Å²) in [6.45, 7) is 5.46. The lowest BCUT2D eigenvalue weighted by molar-refractivity contribution is -0.146. The van der Waals surface area contributed by atoms with Crippen molar-refractivity contribution in [2.24, 2.45) is 11.1 Å². The fourth-order valence-electron chi connectivity index (χ4n) is 2.17. The molecule has 1 saturated heterocycles. The van der Waals surface area contributed by atoms with Crippen LogP contribution in [0.5, 0.6) is 0 Å². The predicted molar refractivity (Wildman–Crippen MR) is 50.2 cm³/mol. The molecular formula is C10H19NO2. The molecule has 0 aromatic rings. The molecule has 1 unspecified atom stereocenters. The van der Waals surface area contributed by atoms with Crippen LogP contribution < -0.4 is 5.73 Å². The largest absolute Gasteiger partial charge is 0.348 e. The Morgan fingerprint density at radius 2 is 2.08 bits per heavy atom. The van der Waals surface area contributed by atoms with Crippen molar-refractivity contribution < 1.29 is 9.47 Å². The summed E-state index contributed by atoms with van der Waals surface area (Å²) in [5, 5.41) is 0. The maximum Gasteiger partial charge on any atom is 0.163 e. The van der Waals surface area contributed by atoms with Gasteiger partial charge in [0.2, 0.25) is 0 Å². The van der Waals surface area contributed by atoms with Gasteiger partial charge in [0.25, 0.3) is 0 Å². The van der Waals surface area contributed by atoms with Gasteiger partial charge in [-0.15, -0.1) is 0 Å². The van der Waals surface area contributed by atoms with Gasteiger partial charge in [-0.05, 0) is 39.7 Å². The van der Waals surface area contributed by atoms with Crippen molar-refractivity contribution in [3.05, 3.63) is 0 Å². The van der Waals surface area contributed by atoms with E-state index < -0.39 is 0 Å². The Morgan fingerprint density at radius 1 is 1.38 bits per heavy atom. The Hall–Kier alpha value is -0.120. The maximum absolute atomic E-state index is 5.85. The topological polar surface area (TPSA) is 44.5 Å². The van der Waals surface area contributed by atoms with E-state index in [2.05, 4.69) is 0 Å². The van der Waals surface area contributed by atoms with Gasteiger partial charge in [-0.25, -0.2) is 0 Å². The zero-order valence-corrected chi connectivity index (χ0v) is 8.51. The minimum Gasteiger partial charge on any atom is -0.348 e. The number of rotatable bonds is 3. The number of ether oxygens (including phenoxy) is 2. The molecule has 1 aliphatic carbocycles. The van der Waals surface area contributed by atoms with E-state index in [0.717, 1.165) is 19.6 Å². The molecule has 13 heavy (non-hydrogen) atoms. The van der Waals surface area contributed by atoms with Crippen molar-refractivity contribution in [3.63, 3.8) is 0 Å². The van der Waals surface area contributed by atoms with Crippen LogP contribution in [0.4, 0.5) is 0 Å². The highest BCUT2D eigenvalue weighted by atomic mass is 16.7. The molecule has 0 aromatic carbocycles. The molecule has 2 N–H and O–H groups in total. The maximum atomic E-state index is 5.85. The summed E-state index contributed by atoms with van der Waals surface area (Å²) < 4.78 is 11.4. The Morgan fingerprint density at radius 3 is 2.46 bits per heavy atom. The van der Waals surface area contributed by atoms with Gasteiger partial charge in [0.15, 0.2) is 5.79 Å². The van der Waals surface area contributed by atoms with Gasteiger partial charge >= 0.3 is 0 Å². The van der Waals surface area contributed by atoms with Gasteiger partial charge < -0.3 is 15.2 Å². The first kappa shape index (κ1) is 9.44. The lowest BCUT2D eigenvalue weighted by atomic mass is 9.96.